The van der Waals surface area contributed by atoms with Gasteiger partial charge < -0.3 is 20.3 Å². The second kappa shape index (κ2) is 14.7. The first-order valence-corrected chi connectivity index (χ1v) is 15.3. The van der Waals surface area contributed by atoms with E-state index in [4.69, 9.17) is 9.72 Å². The zero-order valence-corrected chi connectivity index (χ0v) is 26.3. The second-order valence-corrected chi connectivity index (χ2v) is 11.1. The van der Waals surface area contributed by atoms with Crippen molar-refractivity contribution in [2.45, 2.75) is 32.7 Å². The van der Waals surface area contributed by atoms with Crippen molar-refractivity contribution < 1.29 is 9.53 Å². The minimum absolute atomic E-state index is 0.282. The number of likely N-dealkylation sites (N-methyl/N-ethyl adjacent to an activating group) is 1. The summed E-state index contributed by atoms with van der Waals surface area (Å²) in [6, 6.07) is 24.1. The lowest BCUT2D eigenvalue weighted by Gasteiger charge is -2.40. The lowest BCUT2D eigenvalue weighted by molar-refractivity contribution is 0.250. The van der Waals surface area contributed by atoms with E-state index >= 15 is 0 Å². The number of nitrogens with zero attached hydrogens (tertiary/aromatic N) is 6. The first-order chi connectivity index (χ1) is 21.9. The van der Waals surface area contributed by atoms with E-state index in [-0.39, 0.29) is 12.1 Å². The van der Waals surface area contributed by atoms with Crippen LogP contribution in [0, 0.1) is 11.3 Å². The van der Waals surface area contributed by atoms with Gasteiger partial charge in [0.25, 0.3) is 0 Å². The molecule has 4 aromatic rings. The van der Waals surface area contributed by atoms with Crippen LogP contribution in [0.3, 0.4) is 0 Å². The number of benzene rings is 3. The Morgan fingerprint density at radius 1 is 1.02 bits per heavy atom. The Morgan fingerprint density at radius 2 is 1.82 bits per heavy atom. The SMILES string of the molecule is CCCN(C)CCNCCc1cccc(Nc2ncc3c(n2)N(c2cccc(C#N)c2)C(=O)N(c2ccc(OC)cc2)C3C)c1. The summed E-state index contributed by atoms with van der Waals surface area (Å²) in [5.41, 5.74) is 4.54. The maximum atomic E-state index is 14.2. The molecular formula is C35H40N8O2. The van der Waals surface area contributed by atoms with Crippen LogP contribution in [0.4, 0.5) is 33.6 Å². The number of nitrogens with one attached hydrogen (secondary N) is 2. The second-order valence-electron chi connectivity index (χ2n) is 11.1. The van der Waals surface area contributed by atoms with Gasteiger partial charge in [-0.15, -0.1) is 0 Å². The number of ether oxygens (including phenoxy) is 1. The Bertz CT molecular complexity index is 1650. The van der Waals surface area contributed by atoms with Crippen LogP contribution in [0.1, 0.15) is 43.0 Å². The molecule has 45 heavy (non-hydrogen) atoms. The topological polar surface area (TPSA) is 110 Å². The highest BCUT2D eigenvalue weighted by Crippen LogP contribution is 2.42. The Labute approximate surface area is 265 Å². The molecule has 1 aliphatic rings. The van der Waals surface area contributed by atoms with Gasteiger partial charge in [-0.3, -0.25) is 4.90 Å². The van der Waals surface area contributed by atoms with E-state index < -0.39 is 0 Å². The highest BCUT2D eigenvalue weighted by atomic mass is 16.5. The zero-order chi connectivity index (χ0) is 31.8. The van der Waals surface area contributed by atoms with Gasteiger partial charge in [-0.2, -0.15) is 10.2 Å². The Balaban J connectivity index is 1.39. The maximum Gasteiger partial charge on any atom is 0.335 e. The van der Waals surface area contributed by atoms with Crippen LogP contribution < -0.4 is 25.2 Å². The van der Waals surface area contributed by atoms with Crippen LogP contribution in [0.5, 0.6) is 5.75 Å². The molecule has 0 bridgehead atoms. The van der Waals surface area contributed by atoms with E-state index in [2.05, 4.69) is 52.7 Å². The molecule has 1 atom stereocenters. The normalized spacial score (nSPS) is 14.3. The van der Waals surface area contributed by atoms with Crippen LogP contribution >= 0.6 is 0 Å². The van der Waals surface area contributed by atoms with Gasteiger partial charge in [0.15, 0.2) is 5.82 Å². The lowest BCUT2D eigenvalue weighted by atomic mass is 10.0. The molecule has 10 nitrogen and oxygen atoms in total. The van der Waals surface area contributed by atoms with Crippen molar-refractivity contribution in [3.63, 3.8) is 0 Å². The fraction of sp³-hybridized carbons (Fsp3) is 0.314. The van der Waals surface area contributed by atoms with E-state index in [0.29, 0.717) is 34.5 Å². The van der Waals surface area contributed by atoms with Crippen molar-refractivity contribution >= 4 is 34.9 Å². The number of nitriles is 1. The van der Waals surface area contributed by atoms with Gasteiger partial charge in [0.1, 0.15) is 5.75 Å². The third-order valence-corrected chi connectivity index (χ3v) is 7.88. The number of methoxy groups -OCH3 is 1. The molecule has 3 aromatic carbocycles. The smallest absolute Gasteiger partial charge is 0.335 e. The molecular weight excluding hydrogens is 564 g/mol. The third-order valence-electron chi connectivity index (χ3n) is 7.88. The number of hydrogen-bond acceptors (Lipinski definition) is 8. The van der Waals surface area contributed by atoms with Crippen LogP contribution in [0.2, 0.25) is 0 Å². The summed E-state index contributed by atoms with van der Waals surface area (Å²) in [6.07, 6.45) is 3.82. The molecule has 0 spiro atoms. The quantitative estimate of drug-likeness (QED) is 0.169. The predicted molar refractivity (Wildman–Crippen MR) is 179 cm³/mol. The zero-order valence-electron chi connectivity index (χ0n) is 26.3. The van der Waals surface area contributed by atoms with Gasteiger partial charge in [-0.05, 0) is 100 Å². The van der Waals surface area contributed by atoms with Crippen molar-refractivity contribution in [1.82, 2.24) is 20.2 Å². The number of rotatable bonds is 13. The van der Waals surface area contributed by atoms with Gasteiger partial charge in [0, 0.05) is 36.2 Å². The molecule has 2 heterocycles. The van der Waals surface area contributed by atoms with E-state index in [1.54, 1.807) is 47.4 Å². The minimum Gasteiger partial charge on any atom is -0.497 e. The monoisotopic (exact) mass is 604 g/mol. The average Bonchev–Trinajstić information content (AvgIpc) is 3.05. The number of carbonyl (C=O) groups is 1. The average molecular weight is 605 g/mol. The highest BCUT2D eigenvalue weighted by molar-refractivity contribution is 6.11. The van der Waals surface area contributed by atoms with Gasteiger partial charge >= 0.3 is 6.03 Å². The molecule has 1 unspecified atom stereocenters. The number of amides is 2. The lowest BCUT2D eigenvalue weighted by Crippen LogP contribution is -2.47. The number of hydrogen-bond donors (Lipinski definition) is 2. The summed E-state index contributed by atoms with van der Waals surface area (Å²) >= 11 is 0. The fourth-order valence-electron chi connectivity index (χ4n) is 5.50. The van der Waals surface area contributed by atoms with E-state index in [1.807, 2.05) is 43.3 Å². The molecule has 2 amide bonds. The first-order valence-electron chi connectivity index (χ1n) is 15.3. The molecule has 1 aromatic heterocycles. The Kier molecular flexibility index (Phi) is 10.2. The Morgan fingerprint density at radius 3 is 2.58 bits per heavy atom. The summed E-state index contributed by atoms with van der Waals surface area (Å²) < 4.78 is 5.32. The molecule has 10 heteroatoms. The predicted octanol–water partition coefficient (Wildman–Crippen LogP) is 6.41. The summed E-state index contributed by atoms with van der Waals surface area (Å²) in [7, 11) is 3.76. The summed E-state index contributed by atoms with van der Waals surface area (Å²) in [6.45, 7) is 8.14. The van der Waals surface area contributed by atoms with Gasteiger partial charge in [-0.1, -0.05) is 25.1 Å². The van der Waals surface area contributed by atoms with Crippen molar-refractivity contribution in [2.24, 2.45) is 0 Å². The molecule has 2 N–H and O–H groups in total. The molecule has 1 aliphatic heterocycles. The molecule has 0 saturated heterocycles. The van der Waals surface area contributed by atoms with Crippen molar-refractivity contribution in [3.8, 4) is 11.8 Å². The molecule has 0 aliphatic carbocycles. The van der Waals surface area contributed by atoms with E-state index in [0.717, 1.165) is 50.3 Å². The minimum atomic E-state index is -0.345. The first kappa shape index (κ1) is 31.4. The fourth-order valence-corrected chi connectivity index (χ4v) is 5.50. The molecule has 0 saturated carbocycles. The van der Waals surface area contributed by atoms with Gasteiger partial charge in [0.05, 0.1) is 30.5 Å². The number of urea groups is 1. The standard InChI is InChI=1S/C35H40N8O2/c1-5-19-41(3)20-18-37-17-16-26-8-6-10-28(21-26)39-34-38-24-32-25(2)42(29-12-14-31(45-4)15-13-29)35(44)43(33(32)40-34)30-11-7-9-27(22-30)23-36/h6-15,21-22,24-25,37H,5,16-20H2,1-4H3,(H,38,39,40). The summed E-state index contributed by atoms with van der Waals surface area (Å²) in [5.74, 6) is 1.55. The third kappa shape index (κ3) is 7.40. The van der Waals surface area contributed by atoms with Gasteiger partial charge in [0.2, 0.25) is 5.95 Å². The van der Waals surface area contributed by atoms with Crippen LogP contribution in [-0.4, -0.2) is 61.2 Å². The van der Waals surface area contributed by atoms with Crippen LogP contribution in [-0.2, 0) is 6.42 Å². The highest BCUT2D eigenvalue weighted by Gasteiger charge is 2.39. The summed E-state index contributed by atoms with van der Waals surface area (Å²) in [4.78, 5) is 29.3. The van der Waals surface area contributed by atoms with Crippen LogP contribution in [0.15, 0.2) is 79.0 Å². The van der Waals surface area contributed by atoms with E-state index in [9.17, 15) is 10.1 Å². The largest absolute Gasteiger partial charge is 0.497 e. The number of fused-ring (bicyclic) bond motifs is 1. The maximum absolute atomic E-state index is 14.2. The van der Waals surface area contributed by atoms with Crippen molar-refractivity contribution in [1.29, 1.82) is 5.26 Å². The van der Waals surface area contributed by atoms with Crippen LogP contribution in [0.25, 0.3) is 0 Å². The number of carbonyl (C=O) groups excluding carboxylic acids is 1. The summed E-state index contributed by atoms with van der Waals surface area (Å²) in [5, 5.41) is 16.4. The molecule has 232 valence electrons. The van der Waals surface area contributed by atoms with E-state index in [1.165, 1.54) is 5.56 Å². The van der Waals surface area contributed by atoms with Crippen molar-refractivity contribution in [2.75, 3.05) is 55.5 Å². The molecule has 0 fully saturated rings. The van der Waals surface area contributed by atoms with Crippen molar-refractivity contribution in [3.05, 3.63) is 95.7 Å². The molecule has 0 radical (unpaired) electrons. The Hall–Kier alpha value is -4.98. The number of aromatic nitrogens is 2. The van der Waals surface area contributed by atoms with Gasteiger partial charge in [-0.25, -0.2) is 14.7 Å². The number of anilines is 5. The molecule has 5 rings (SSSR count).